The quantitative estimate of drug-likeness (QED) is 0.262. The van der Waals surface area contributed by atoms with Gasteiger partial charge in [-0.2, -0.15) is 0 Å². The average Bonchev–Trinajstić information content (AvgIpc) is 2.77. The number of hydrogen-bond donors (Lipinski definition) is 4. The highest BCUT2D eigenvalue weighted by molar-refractivity contribution is 6.32. The van der Waals surface area contributed by atoms with E-state index in [-0.39, 0.29) is 30.6 Å². The highest BCUT2D eigenvalue weighted by Crippen LogP contribution is 2.51. The number of primary amides is 1. The van der Waals surface area contributed by atoms with Gasteiger partial charge in [-0.1, -0.05) is 6.07 Å². The molecule has 198 valence electrons. The van der Waals surface area contributed by atoms with Crippen molar-refractivity contribution >= 4 is 40.6 Å². The van der Waals surface area contributed by atoms with Crippen molar-refractivity contribution in [3.63, 3.8) is 0 Å². The fourth-order valence-corrected chi connectivity index (χ4v) is 6.16. The highest BCUT2D eigenvalue weighted by Gasteiger charge is 2.69. The molecule has 3 aliphatic carbocycles. The van der Waals surface area contributed by atoms with Crippen LogP contribution in [0.2, 0.25) is 0 Å². The molecule has 0 bridgehead atoms. The van der Waals surface area contributed by atoms with E-state index in [1.807, 2.05) is 0 Å². The number of nitrogens with one attached hydrogen (secondary N) is 1. The Morgan fingerprint density at radius 3 is 2.32 bits per heavy atom. The van der Waals surface area contributed by atoms with Gasteiger partial charge in [-0.05, 0) is 58.6 Å². The van der Waals surface area contributed by atoms with Gasteiger partial charge in [0, 0.05) is 5.92 Å². The molecule has 12 heteroatoms. The molecule has 0 saturated heterocycles. The van der Waals surface area contributed by atoms with Gasteiger partial charge in [-0.25, -0.2) is 0 Å². The van der Waals surface area contributed by atoms with Crippen LogP contribution < -0.4 is 11.1 Å². The molecule has 1 aromatic carbocycles. The molecule has 6 atom stereocenters. The van der Waals surface area contributed by atoms with Gasteiger partial charge < -0.3 is 26.2 Å². The summed E-state index contributed by atoms with van der Waals surface area (Å²) in [6.07, 6.45) is 0.136. The number of benzene rings is 1. The smallest absolute Gasteiger partial charge is 0.238 e. The predicted molar refractivity (Wildman–Crippen MR) is 129 cm³/mol. The van der Waals surface area contributed by atoms with Crippen LogP contribution >= 0.6 is 0 Å². The maximum Gasteiger partial charge on any atom is 0.238 e. The number of ketones is 4. The number of rotatable bonds is 5. The Kier molecular flexibility index (Phi) is 6.55. The lowest BCUT2D eigenvalue weighted by Gasteiger charge is -2.52. The van der Waals surface area contributed by atoms with Gasteiger partial charge in [0.05, 0.1) is 29.8 Å². The number of likely N-dealkylation sites (N-methyl/N-ethyl adjacent to an activating group) is 2. The monoisotopic (exact) mass is 514 g/mol. The molecule has 12 nitrogen and oxygen atoms in total. The summed E-state index contributed by atoms with van der Waals surface area (Å²) < 4.78 is 0. The Labute approximate surface area is 212 Å². The number of Topliss-reactive ketones (excluding diaryl/α,β-unsaturated/α-hetero) is 4. The molecular formula is C25H30N4O8. The van der Waals surface area contributed by atoms with Gasteiger partial charge in [0.25, 0.3) is 0 Å². The molecule has 3 aliphatic rings. The molecule has 4 unspecified atom stereocenters. The molecule has 2 fully saturated rings. The minimum Gasteiger partial charge on any atom is -0.505 e. The minimum absolute atomic E-state index is 0.0157. The first-order valence-corrected chi connectivity index (χ1v) is 11.9. The Balaban J connectivity index is 1.77. The van der Waals surface area contributed by atoms with Crippen molar-refractivity contribution < 1.29 is 39.0 Å². The van der Waals surface area contributed by atoms with Crippen LogP contribution in [-0.4, -0.2) is 101 Å². The molecular weight excluding hydrogens is 484 g/mol. The number of fused-ring (bicyclic) bond motifs is 3. The first kappa shape index (κ1) is 26.6. The van der Waals surface area contributed by atoms with E-state index in [0.717, 1.165) is 0 Å². The summed E-state index contributed by atoms with van der Waals surface area (Å²) in [6.45, 7) is 0.0248. The Hall–Kier alpha value is -3.48. The van der Waals surface area contributed by atoms with Crippen LogP contribution in [-0.2, 0) is 30.4 Å². The van der Waals surface area contributed by atoms with Crippen LogP contribution in [0.1, 0.15) is 22.3 Å². The van der Waals surface area contributed by atoms with Crippen molar-refractivity contribution in [3.05, 3.63) is 23.3 Å². The van der Waals surface area contributed by atoms with Crippen molar-refractivity contribution in [1.29, 1.82) is 0 Å². The number of nitrogens with two attached hydrogens (primary N) is 1. The van der Waals surface area contributed by atoms with E-state index in [1.165, 1.54) is 25.1 Å². The summed E-state index contributed by atoms with van der Waals surface area (Å²) in [5, 5.41) is 25.0. The predicted octanol–water partition coefficient (Wildman–Crippen LogP) is -1.63. The SMILES string of the molecule is CN(C)CC(=O)Nc1ccc2c(c1O)C(=O)C1C(=O)[C@]3(O)C(=O)C(C(N)=O)C(=O)[C@@H](N(C)C)C3CC1C2. The molecule has 4 rings (SSSR count). The molecule has 0 heterocycles. The fourth-order valence-electron chi connectivity index (χ4n) is 6.16. The van der Waals surface area contributed by atoms with E-state index in [1.54, 1.807) is 25.1 Å². The zero-order chi connectivity index (χ0) is 27.6. The number of hydrogen-bond acceptors (Lipinski definition) is 10. The van der Waals surface area contributed by atoms with Gasteiger partial charge in [0.15, 0.2) is 34.7 Å². The van der Waals surface area contributed by atoms with E-state index in [9.17, 15) is 39.0 Å². The van der Waals surface area contributed by atoms with Crippen molar-refractivity contribution in [2.75, 3.05) is 40.1 Å². The van der Waals surface area contributed by atoms with E-state index < -0.39 is 76.0 Å². The Bertz CT molecular complexity index is 1240. The maximum absolute atomic E-state index is 13.8. The van der Waals surface area contributed by atoms with E-state index >= 15 is 0 Å². The van der Waals surface area contributed by atoms with E-state index in [2.05, 4.69) is 5.32 Å². The van der Waals surface area contributed by atoms with Crippen LogP contribution in [0.25, 0.3) is 0 Å². The van der Waals surface area contributed by atoms with Gasteiger partial charge in [-0.3, -0.25) is 33.7 Å². The van der Waals surface area contributed by atoms with Crippen LogP contribution in [0.3, 0.4) is 0 Å². The highest BCUT2D eigenvalue weighted by atomic mass is 16.3. The normalized spacial score (nSPS) is 31.2. The fraction of sp³-hybridized carbons (Fsp3) is 0.520. The van der Waals surface area contributed by atoms with Crippen LogP contribution in [0.5, 0.6) is 5.75 Å². The first-order valence-electron chi connectivity index (χ1n) is 11.9. The van der Waals surface area contributed by atoms with Crippen molar-refractivity contribution in [1.82, 2.24) is 9.80 Å². The summed E-state index contributed by atoms with van der Waals surface area (Å²) in [5.74, 6) is -11.6. The number of amides is 2. The second-order valence-electron chi connectivity index (χ2n) is 10.6. The third kappa shape index (κ3) is 3.95. The van der Waals surface area contributed by atoms with E-state index in [0.29, 0.717) is 5.56 Å². The Morgan fingerprint density at radius 2 is 1.76 bits per heavy atom. The number of carbonyl (C=O) groups is 6. The summed E-state index contributed by atoms with van der Waals surface area (Å²) >= 11 is 0. The third-order valence-corrected chi connectivity index (χ3v) is 7.67. The summed E-state index contributed by atoms with van der Waals surface area (Å²) in [4.78, 5) is 80.9. The van der Waals surface area contributed by atoms with Crippen LogP contribution in [0, 0.1) is 23.7 Å². The number of nitrogens with zero attached hydrogens (tertiary/aromatic N) is 2. The summed E-state index contributed by atoms with van der Waals surface area (Å²) in [5.41, 5.74) is 2.79. The second kappa shape index (κ2) is 9.12. The topological polar surface area (TPSA) is 187 Å². The standard InChI is InChI=1S/C25H30N4O8/c1-28(2)9-14(30)27-13-6-5-10-7-11-8-12-18(29(3)4)21(33)17(24(26)36)23(35)25(12,37)22(34)16(11)20(32)15(10)19(13)31/h5-6,11-12,16-18,31,37H,7-9H2,1-4H3,(H2,26,36)(H,27,30)/t11?,12?,16?,17?,18-,25-/m0/s1. The number of aromatic hydroxyl groups is 1. The molecule has 2 amide bonds. The molecule has 0 aliphatic heterocycles. The second-order valence-corrected chi connectivity index (χ2v) is 10.6. The number of phenols is 1. The summed E-state index contributed by atoms with van der Waals surface area (Å²) in [7, 11) is 6.43. The molecule has 0 spiro atoms. The van der Waals surface area contributed by atoms with Crippen molar-refractivity contribution in [2.24, 2.45) is 29.4 Å². The van der Waals surface area contributed by atoms with Gasteiger partial charge in [-0.15, -0.1) is 0 Å². The largest absolute Gasteiger partial charge is 0.505 e. The number of phenolic OH excluding ortho intramolecular Hbond substituents is 1. The average molecular weight is 515 g/mol. The maximum atomic E-state index is 13.8. The molecule has 37 heavy (non-hydrogen) atoms. The molecule has 0 aromatic heterocycles. The van der Waals surface area contributed by atoms with E-state index in [4.69, 9.17) is 5.73 Å². The van der Waals surface area contributed by atoms with Crippen molar-refractivity contribution in [3.8, 4) is 5.75 Å². The first-order chi connectivity index (χ1) is 17.2. The third-order valence-electron chi connectivity index (χ3n) is 7.67. The minimum atomic E-state index is -2.77. The van der Waals surface area contributed by atoms with Crippen LogP contribution in [0.4, 0.5) is 5.69 Å². The van der Waals surface area contributed by atoms with Crippen molar-refractivity contribution in [2.45, 2.75) is 24.5 Å². The molecule has 1 aromatic rings. The summed E-state index contributed by atoms with van der Waals surface area (Å²) in [6, 6.07) is 1.89. The van der Waals surface area contributed by atoms with Gasteiger partial charge in [0.1, 0.15) is 5.75 Å². The number of aliphatic hydroxyl groups is 1. The molecule has 0 radical (unpaired) electrons. The molecule has 2 saturated carbocycles. The number of carbonyl (C=O) groups excluding carboxylic acids is 6. The Morgan fingerprint density at radius 1 is 1.11 bits per heavy atom. The number of anilines is 1. The van der Waals surface area contributed by atoms with Crippen LogP contribution in [0.15, 0.2) is 12.1 Å². The van der Waals surface area contributed by atoms with Gasteiger partial charge in [0.2, 0.25) is 11.8 Å². The molecule has 5 N–H and O–H groups in total. The lowest BCUT2D eigenvalue weighted by molar-refractivity contribution is -0.181. The lowest BCUT2D eigenvalue weighted by atomic mass is 9.52. The van der Waals surface area contributed by atoms with Gasteiger partial charge >= 0.3 is 0 Å². The zero-order valence-corrected chi connectivity index (χ0v) is 21.0. The zero-order valence-electron chi connectivity index (χ0n) is 21.0. The lowest BCUT2D eigenvalue weighted by Crippen LogP contribution is -2.74.